The number of piperidine rings is 2. The number of likely N-dealkylation sites (tertiary alicyclic amines) is 2. The molecule has 0 atom stereocenters. The summed E-state index contributed by atoms with van der Waals surface area (Å²) >= 11 is 0. The summed E-state index contributed by atoms with van der Waals surface area (Å²) in [5.74, 6) is 1.18. The van der Waals surface area contributed by atoms with Crippen molar-refractivity contribution in [3.63, 3.8) is 0 Å². The van der Waals surface area contributed by atoms with Gasteiger partial charge in [0, 0.05) is 19.1 Å². The van der Waals surface area contributed by atoms with Gasteiger partial charge in [-0.15, -0.1) is 0 Å². The molecule has 0 aliphatic carbocycles. The lowest BCUT2D eigenvalue weighted by Gasteiger charge is -2.40. The first kappa shape index (κ1) is 21.5. The largest absolute Gasteiger partial charge is 0.382 e. The van der Waals surface area contributed by atoms with Gasteiger partial charge in [0.15, 0.2) is 5.78 Å². The summed E-state index contributed by atoms with van der Waals surface area (Å²) in [6.07, 6.45) is 3.33. The van der Waals surface area contributed by atoms with Crippen LogP contribution >= 0.6 is 0 Å². The van der Waals surface area contributed by atoms with Crippen LogP contribution in [0.15, 0.2) is 24.3 Å². The van der Waals surface area contributed by atoms with E-state index in [0.29, 0.717) is 37.3 Å². The summed E-state index contributed by atoms with van der Waals surface area (Å²) in [4.78, 5) is 17.4. The summed E-state index contributed by atoms with van der Waals surface area (Å²) in [5.41, 5.74) is 1.70. The van der Waals surface area contributed by atoms with Gasteiger partial charge in [-0.05, 0) is 75.6 Å². The third kappa shape index (κ3) is 5.03. The molecule has 2 aliphatic heterocycles. The molecule has 1 aromatic carbocycles. The lowest BCUT2D eigenvalue weighted by Crippen LogP contribution is -2.54. The van der Waals surface area contributed by atoms with Crippen LogP contribution in [0.4, 0.5) is 0 Å². The van der Waals surface area contributed by atoms with Crippen molar-refractivity contribution in [2.45, 2.75) is 76.9 Å². The van der Waals surface area contributed by atoms with E-state index < -0.39 is 5.60 Å². The Morgan fingerprint density at radius 3 is 2.11 bits per heavy atom. The monoisotopic (exact) mass is 386 g/mol. The molecule has 1 N–H and O–H groups in total. The number of carbonyl (C=O) groups is 1. The Morgan fingerprint density at radius 2 is 1.61 bits per heavy atom. The lowest BCUT2D eigenvalue weighted by atomic mass is 9.85. The Labute approximate surface area is 170 Å². The van der Waals surface area contributed by atoms with Crippen molar-refractivity contribution >= 4 is 5.78 Å². The first-order valence-electron chi connectivity index (χ1n) is 11.1. The van der Waals surface area contributed by atoms with E-state index in [2.05, 4.69) is 61.8 Å². The van der Waals surface area contributed by atoms with Crippen LogP contribution in [0.25, 0.3) is 0 Å². The van der Waals surface area contributed by atoms with Crippen molar-refractivity contribution in [1.82, 2.24) is 9.80 Å². The van der Waals surface area contributed by atoms with Crippen molar-refractivity contribution in [3.8, 4) is 0 Å². The predicted octanol–water partition coefficient (Wildman–Crippen LogP) is 3.79. The Morgan fingerprint density at radius 1 is 1.04 bits per heavy atom. The molecular formula is C24H38N2O2. The highest BCUT2D eigenvalue weighted by Gasteiger charge is 2.40. The van der Waals surface area contributed by atoms with Crippen LogP contribution in [0.3, 0.4) is 0 Å². The average molecular weight is 387 g/mol. The molecule has 0 spiro atoms. The second-order valence-electron chi connectivity index (χ2n) is 9.46. The van der Waals surface area contributed by atoms with Crippen LogP contribution in [0.2, 0.25) is 0 Å². The van der Waals surface area contributed by atoms with E-state index >= 15 is 0 Å². The molecule has 2 saturated heterocycles. The van der Waals surface area contributed by atoms with E-state index in [1.54, 1.807) is 0 Å². The second-order valence-corrected chi connectivity index (χ2v) is 9.46. The molecule has 0 bridgehead atoms. The average Bonchev–Trinajstić information content (AvgIpc) is 2.69. The number of Topliss-reactive ketones (excluding diaryl/α,β-unsaturated/α-hetero) is 1. The minimum Gasteiger partial charge on any atom is -0.382 e. The molecule has 0 amide bonds. The van der Waals surface area contributed by atoms with E-state index in [0.717, 1.165) is 39.0 Å². The molecule has 0 aromatic heterocycles. The van der Waals surface area contributed by atoms with Gasteiger partial charge in [0.25, 0.3) is 0 Å². The Kier molecular flexibility index (Phi) is 6.95. The van der Waals surface area contributed by atoms with Crippen molar-refractivity contribution in [2.75, 3.05) is 32.7 Å². The maximum Gasteiger partial charge on any atom is 0.178 e. The Balaban J connectivity index is 1.48. The highest BCUT2D eigenvalue weighted by molar-refractivity contribution is 5.89. The standard InChI is InChI=1S/C24H38N2O2/c1-18(2)20-5-7-21(8-6-20)22-9-13-25(14-10-22)17-23(27)24(28)11-15-26(16-12-24)19(3)4/h5-8,18-19,22,28H,9-17H2,1-4H3. The number of hydrogen-bond donors (Lipinski definition) is 1. The second kappa shape index (κ2) is 9.06. The molecular weight excluding hydrogens is 348 g/mol. The van der Waals surface area contributed by atoms with Gasteiger partial charge in [0.05, 0.1) is 6.54 Å². The van der Waals surface area contributed by atoms with Gasteiger partial charge in [-0.3, -0.25) is 9.69 Å². The molecule has 1 aromatic rings. The maximum atomic E-state index is 12.8. The third-order valence-electron chi connectivity index (χ3n) is 6.90. The molecule has 4 heteroatoms. The quantitative estimate of drug-likeness (QED) is 0.808. The summed E-state index contributed by atoms with van der Waals surface area (Å²) in [5, 5.41) is 10.9. The number of aliphatic hydroxyl groups is 1. The number of nitrogens with zero attached hydrogens (tertiary/aromatic N) is 2. The van der Waals surface area contributed by atoms with Crippen LogP contribution in [0.1, 0.15) is 76.3 Å². The molecule has 3 rings (SSSR count). The maximum absolute atomic E-state index is 12.8. The topological polar surface area (TPSA) is 43.8 Å². The van der Waals surface area contributed by atoms with Gasteiger partial charge in [-0.1, -0.05) is 38.1 Å². The van der Waals surface area contributed by atoms with Crippen molar-refractivity contribution in [3.05, 3.63) is 35.4 Å². The van der Waals surface area contributed by atoms with Gasteiger partial charge < -0.3 is 10.0 Å². The van der Waals surface area contributed by atoms with E-state index in [1.807, 2.05) is 0 Å². The zero-order chi connectivity index (χ0) is 20.3. The summed E-state index contributed by atoms with van der Waals surface area (Å²) in [7, 11) is 0. The van der Waals surface area contributed by atoms with Crippen LogP contribution in [0, 0.1) is 0 Å². The number of ketones is 1. The van der Waals surface area contributed by atoms with E-state index in [9.17, 15) is 9.90 Å². The Hall–Kier alpha value is -1.23. The number of rotatable bonds is 6. The molecule has 0 radical (unpaired) electrons. The molecule has 28 heavy (non-hydrogen) atoms. The fourth-order valence-electron chi connectivity index (χ4n) is 4.62. The summed E-state index contributed by atoms with van der Waals surface area (Å²) in [6.45, 7) is 12.7. The first-order chi connectivity index (χ1) is 13.3. The highest BCUT2D eigenvalue weighted by atomic mass is 16.3. The van der Waals surface area contributed by atoms with Gasteiger partial charge >= 0.3 is 0 Å². The van der Waals surface area contributed by atoms with Gasteiger partial charge in [0.2, 0.25) is 0 Å². The summed E-state index contributed by atoms with van der Waals surface area (Å²) in [6, 6.07) is 9.57. The first-order valence-corrected chi connectivity index (χ1v) is 11.1. The molecule has 2 aliphatic rings. The lowest BCUT2D eigenvalue weighted by molar-refractivity contribution is -0.144. The van der Waals surface area contributed by atoms with Gasteiger partial charge in [0.1, 0.15) is 5.60 Å². The van der Waals surface area contributed by atoms with E-state index in [-0.39, 0.29) is 5.78 Å². The minimum absolute atomic E-state index is 0.0237. The van der Waals surface area contributed by atoms with Crippen LogP contribution in [-0.4, -0.2) is 65.1 Å². The van der Waals surface area contributed by atoms with Gasteiger partial charge in [-0.2, -0.15) is 0 Å². The number of carbonyl (C=O) groups excluding carboxylic acids is 1. The molecule has 0 saturated carbocycles. The fraction of sp³-hybridized carbons (Fsp3) is 0.708. The molecule has 4 nitrogen and oxygen atoms in total. The van der Waals surface area contributed by atoms with Crippen molar-refractivity contribution in [2.24, 2.45) is 0 Å². The van der Waals surface area contributed by atoms with Crippen LogP contribution in [0.5, 0.6) is 0 Å². The van der Waals surface area contributed by atoms with Gasteiger partial charge in [-0.25, -0.2) is 0 Å². The smallest absolute Gasteiger partial charge is 0.178 e. The molecule has 156 valence electrons. The molecule has 2 fully saturated rings. The molecule has 2 heterocycles. The van der Waals surface area contributed by atoms with Crippen molar-refractivity contribution in [1.29, 1.82) is 0 Å². The predicted molar refractivity (Wildman–Crippen MR) is 115 cm³/mol. The van der Waals surface area contributed by atoms with Crippen molar-refractivity contribution < 1.29 is 9.90 Å². The highest BCUT2D eigenvalue weighted by Crippen LogP contribution is 2.30. The van der Waals surface area contributed by atoms with Crippen LogP contribution in [-0.2, 0) is 4.79 Å². The van der Waals surface area contributed by atoms with Crippen LogP contribution < -0.4 is 0 Å². The minimum atomic E-state index is -1.12. The van der Waals surface area contributed by atoms with E-state index in [4.69, 9.17) is 0 Å². The SMILES string of the molecule is CC(C)c1ccc(C2CCN(CC(=O)C3(O)CCN(C(C)C)CC3)CC2)cc1. The fourth-order valence-corrected chi connectivity index (χ4v) is 4.62. The molecule has 0 unspecified atom stereocenters. The zero-order valence-electron chi connectivity index (χ0n) is 18.2. The summed E-state index contributed by atoms with van der Waals surface area (Å²) < 4.78 is 0. The number of benzene rings is 1. The third-order valence-corrected chi connectivity index (χ3v) is 6.90. The Bertz CT molecular complexity index is 637. The number of hydrogen-bond acceptors (Lipinski definition) is 4. The normalized spacial score (nSPS) is 22.1. The van der Waals surface area contributed by atoms with E-state index in [1.165, 1.54) is 11.1 Å². The zero-order valence-corrected chi connectivity index (χ0v) is 18.2.